The fourth-order valence-electron chi connectivity index (χ4n) is 5.08. The molecule has 2 aliphatic rings. The van der Waals surface area contributed by atoms with Crippen molar-refractivity contribution in [2.24, 2.45) is 5.92 Å². The van der Waals surface area contributed by atoms with E-state index in [4.69, 9.17) is 4.74 Å². The number of nitrogens with one attached hydrogen (secondary N) is 1. The summed E-state index contributed by atoms with van der Waals surface area (Å²) in [5.74, 6) is -0.630. The van der Waals surface area contributed by atoms with E-state index in [1.807, 2.05) is 0 Å². The molecule has 0 spiro atoms. The molecule has 0 unspecified atom stereocenters. The van der Waals surface area contributed by atoms with Crippen LogP contribution in [0.5, 0.6) is 0 Å². The molecule has 2 saturated heterocycles. The van der Waals surface area contributed by atoms with Gasteiger partial charge in [0.15, 0.2) is 0 Å². The Morgan fingerprint density at radius 2 is 1.47 bits per heavy atom. The Labute approximate surface area is 249 Å². The van der Waals surface area contributed by atoms with E-state index in [1.165, 1.54) is 29.2 Å². The molecule has 2 aromatic carbocycles. The lowest BCUT2D eigenvalue weighted by Crippen LogP contribution is -2.48. The van der Waals surface area contributed by atoms with Crippen LogP contribution in [-0.2, 0) is 35.6 Å². The Bertz CT molecular complexity index is 1570. The summed E-state index contributed by atoms with van der Waals surface area (Å²) in [6.45, 7) is 6.11. The summed E-state index contributed by atoms with van der Waals surface area (Å²) < 4.78 is 102. The van der Waals surface area contributed by atoms with Crippen molar-refractivity contribution in [3.8, 4) is 0 Å². The third-order valence-corrected chi connectivity index (χ3v) is 10.6. The zero-order chi connectivity index (χ0) is 31.8. The van der Waals surface area contributed by atoms with Crippen molar-refractivity contribution in [1.82, 2.24) is 14.5 Å². The van der Waals surface area contributed by atoms with Gasteiger partial charge in [-0.2, -0.15) is 13.2 Å². The predicted molar refractivity (Wildman–Crippen MR) is 149 cm³/mol. The number of amides is 2. The van der Waals surface area contributed by atoms with Gasteiger partial charge in [-0.15, -0.1) is 0 Å². The van der Waals surface area contributed by atoms with Gasteiger partial charge in [0.05, 0.1) is 26.2 Å². The second-order valence-electron chi connectivity index (χ2n) is 11.6. The van der Waals surface area contributed by atoms with Gasteiger partial charge < -0.3 is 14.5 Å². The first kappa shape index (κ1) is 32.7. The highest BCUT2D eigenvalue weighted by Gasteiger charge is 2.40. The molecule has 2 aromatic rings. The van der Waals surface area contributed by atoms with Crippen LogP contribution >= 0.6 is 0 Å². The Kier molecular flexibility index (Phi) is 9.20. The molecule has 2 heterocycles. The molecule has 0 aliphatic carbocycles. The van der Waals surface area contributed by atoms with Gasteiger partial charge in [-0.05, 0) is 70.4 Å². The van der Waals surface area contributed by atoms with Gasteiger partial charge in [0.25, 0.3) is 0 Å². The maximum Gasteiger partial charge on any atom is 0.417 e. The molecule has 4 rings (SSSR count). The summed E-state index contributed by atoms with van der Waals surface area (Å²) in [5, 5.41) is 0. The molecule has 2 amide bonds. The largest absolute Gasteiger partial charge is 0.444 e. The maximum absolute atomic E-state index is 13.8. The van der Waals surface area contributed by atoms with Crippen LogP contribution in [0.2, 0.25) is 0 Å². The normalized spacial score (nSPS) is 19.0. The highest BCUT2D eigenvalue weighted by molar-refractivity contribution is 7.91. The Balaban J connectivity index is 1.45. The van der Waals surface area contributed by atoms with Crippen molar-refractivity contribution >= 4 is 31.9 Å². The molecule has 0 saturated carbocycles. The topological polar surface area (TPSA) is 130 Å². The number of sulfone groups is 1. The van der Waals surface area contributed by atoms with Gasteiger partial charge in [0.1, 0.15) is 5.60 Å². The van der Waals surface area contributed by atoms with Crippen molar-refractivity contribution in [2.75, 3.05) is 26.2 Å². The highest BCUT2D eigenvalue weighted by atomic mass is 32.2. The van der Waals surface area contributed by atoms with Gasteiger partial charge in [-0.25, -0.2) is 26.4 Å². The molecule has 1 N–H and O–H groups in total. The summed E-state index contributed by atoms with van der Waals surface area (Å²) in [7, 11) is -9.12. The van der Waals surface area contributed by atoms with Crippen LogP contribution in [0.15, 0.2) is 63.2 Å². The third-order valence-electron chi connectivity index (χ3n) is 7.23. The van der Waals surface area contributed by atoms with Gasteiger partial charge >= 0.3 is 12.3 Å². The van der Waals surface area contributed by atoms with Crippen LogP contribution in [0, 0.1) is 5.92 Å². The molecule has 43 heavy (non-hydrogen) atoms. The number of halogens is 3. The standard InChI is InChI=1S/C28H34F3N3O7S2/c1-27(2,3)41-26(36)34-14-11-19(18-34)25(35)33-15-12-20(13-16-33)32-43(39,40)24-17-22(9-10-23(24)28(29,30)31)42(37,38)21-7-5-4-6-8-21/h4-10,17,19-20,32H,11-16,18H2,1-3H3/t19-/m1/s1. The second-order valence-corrected chi connectivity index (χ2v) is 15.2. The number of hydrogen-bond acceptors (Lipinski definition) is 7. The van der Waals surface area contributed by atoms with Crippen molar-refractivity contribution < 1.29 is 44.3 Å². The van der Waals surface area contributed by atoms with E-state index in [-0.39, 0.29) is 43.3 Å². The summed E-state index contributed by atoms with van der Waals surface area (Å²) in [6.07, 6.45) is -4.85. The molecule has 236 valence electrons. The van der Waals surface area contributed by atoms with E-state index < -0.39 is 65.0 Å². The zero-order valence-electron chi connectivity index (χ0n) is 23.9. The molecule has 0 aromatic heterocycles. The van der Waals surface area contributed by atoms with E-state index in [0.717, 1.165) is 6.07 Å². The molecule has 2 aliphatic heterocycles. The van der Waals surface area contributed by atoms with E-state index in [9.17, 15) is 39.6 Å². The molecule has 0 radical (unpaired) electrons. The van der Waals surface area contributed by atoms with Crippen LogP contribution in [-0.4, -0.2) is 76.5 Å². The number of likely N-dealkylation sites (tertiary alicyclic amines) is 2. The number of ether oxygens (including phenoxy) is 1. The van der Waals surface area contributed by atoms with Crippen LogP contribution < -0.4 is 4.72 Å². The van der Waals surface area contributed by atoms with E-state index in [1.54, 1.807) is 31.7 Å². The minimum absolute atomic E-state index is 0.136. The number of benzene rings is 2. The Morgan fingerprint density at radius 1 is 0.860 bits per heavy atom. The molecule has 0 bridgehead atoms. The summed E-state index contributed by atoms with van der Waals surface area (Å²) in [6, 6.07) is 7.90. The number of carbonyl (C=O) groups is 2. The lowest BCUT2D eigenvalue weighted by molar-refractivity contribution is -0.140. The molecule has 2 fully saturated rings. The first-order valence-corrected chi connectivity index (χ1v) is 16.7. The summed E-state index contributed by atoms with van der Waals surface area (Å²) >= 11 is 0. The number of nitrogens with zero attached hydrogens (tertiary/aromatic N) is 2. The molecule has 10 nitrogen and oxygen atoms in total. The van der Waals surface area contributed by atoms with Crippen molar-refractivity contribution in [3.63, 3.8) is 0 Å². The monoisotopic (exact) mass is 645 g/mol. The van der Waals surface area contributed by atoms with Gasteiger partial charge in [0, 0.05) is 32.2 Å². The fourth-order valence-corrected chi connectivity index (χ4v) is 8.01. The van der Waals surface area contributed by atoms with Crippen LogP contribution in [0.3, 0.4) is 0 Å². The lowest BCUT2D eigenvalue weighted by atomic mass is 10.0. The minimum Gasteiger partial charge on any atom is -0.444 e. The number of piperidine rings is 1. The first-order valence-electron chi connectivity index (χ1n) is 13.7. The van der Waals surface area contributed by atoms with Gasteiger partial charge in [-0.3, -0.25) is 4.79 Å². The van der Waals surface area contributed by atoms with Gasteiger partial charge in [0.2, 0.25) is 25.8 Å². The average molecular weight is 646 g/mol. The molecular formula is C28H34F3N3O7S2. The first-order chi connectivity index (χ1) is 19.9. The smallest absolute Gasteiger partial charge is 0.417 e. The highest BCUT2D eigenvalue weighted by Crippen LogP contribution is 2.36. The van der Waals surface area contributed by atoms with Crippen LogP contribution in [0.25, 0.3) is 0 Å². The Hall–Kier alpha value is -3.17. The number of rotatable bonds is 6. The molecule has 1 atom stereocenters. The van der Waals surface area contributed by atoms with Crippen molar-refractivity contribution in [1.29, 1.82) is 0 Å². The predicted octanol–water partition coefficient (Wildman–Crippen LogP) is 4.06. The summed E-state index contributed by atoms with van der Waals surface area (Å²) in [5.41, 5.74) is -2.16. The maximum atomic E-state index is 13.8. The van der Waals surface area contributed by atoms with Gasteiger partial charge in [-0.1, -0.05) is 18.2 Å². The molecule has 15 heteroatoms. The van der Waals surface area contributed by atoms with Crippen LogP contribution in [0.1, 0.15) is 45.6 Å². The lowest BCUT2D eigenvalue weighted by Gasteiger charge is -2.34. The minimum atomic E-state index is -5.07. The zero-order valence-corrected chi connectivity index (χ0v) is 25.6. The van der Waals surface area contributed by atoms with E-state index >= 15 is 0 Å². The fraction of sp³-hybridized carbons (Fsp3) is 0.500. The average Bonchev–Trinajstić information content (AvgIpc) is 3.42. The number of sulfonamides is 1. The second kappa shape index (κ2) is 12.1. The Morgan fingerprint density at radius 3 is 2.05 bits per heavy atom. The van der Waals surface area contributed by atoms with Crippen molar-refractivity contribution in [2.45, 2.75) is 72.5 Å². The number of hydrogen-bond donors (Lipinski definition) is 1. The van der Waals surface area contributed by atoms with E-state index in [0.29, 0.717) is 25.1 Å². The van der Waals surface area contributed by atoms with E-state index in [2.05, 4.69) is 4.72 Å². The molecular weight excluding hydrogens is 611 g/mol. The van der Waals surface area contributed by atoms with Crippen molar-refractivity contribution in [3.05, 3.63) is 54.1 Å². The number of carbonyl (C=O) groups excluding carboxylic acids is 2. The quantitative estimate of drug-likeness (QED) is 0.502. The SMILES string of the molecule is CC(C)(C)OC(=O)N1CC[C@@H](C(=O)N2CCC(NS(=O)(=O)c3cc(S(=O)(=O)c4ccccc4)ccc3C(F)(F)F)CC2)C1. The third kappa shape index (κ3) is 7.68. The van der Waals surface area contributed by atoms with Crippen LogP contribution in [0.4, 0.5) is 18.0 Å². The summed E-state index contributed by atoms with van der Waals surface area (Å²) in [4.78, 5) is 26.5. The number of alkyl halides is 3.